The van der Waals surface area contributed by atoms with Gasteiger partial charge in [0.05, 0.1) is 0 Å². The van der Waals surface area contributed by atoms with Gasteiger partial charge in [-0.2, -0.15) is 0 Å². The average Bonchev–Trinajstić information content (AvgIpc) is 2.21. The monoisotopic (exact) mass is 222 g/mol. The molecule has 0 atom stereocenters. The normalized spacial score (nSPS) is 15.8. The first-order valence-corrected chi connectivity index (χ1v) is 4.91. The first-order chi connectivity index (χ1) is 7.67. The Bertz CT molecular complexity index is 317. The zero-order valence-electron chi connectivity index (χ0n) is 8.98. The predicted molar refractivity (Wildman–Crippen MR) is 58.5 cm³/mol. The highest BCUT2D eigenvalue weighted by molar-refractivity contribution is 6.04. The number of esters is 2. The van der Waals surface area contributed by atoms with Crippen molar-refractivity contribution < 1.29 is 19.1 Å². The molecule has 0 heterocycles. The second-order valence-electron chi connectivity index (χ2n) is 3.35. The van der Waals surface area contributed by atoms with Crippen molar-refractivity contribution in [3.8, 4) is 0 Å². The summed E-state index contributed by atoms with van der Waals surface area (Å²) < 4.78 is 9.73. The SMILES string of the molecule is C=CCOC(=O)C1(C(=O)OCC=C)C=CC1. The van der Waals surface area contributed by atoms with Crippen molar-refractivity contribution in [1.82, 2.24) is 0 Å². The summed E-state index contributed by atoms with van der Waals surface area (Å²) in [6.45, 7) is 7.03. The lowest BCUT2D eigenvalue weighted by molar-refractivity contribution is -0.168. The van der Waals surface area contributed by atoms with Crippen molar-refractivity contribution in [3.63, 3.8) is 0 Å². The molecule has 0 saturated heterocycles. The number of carbonyl (C=O) groups is 2. The van der Waals surface area contributed by atoms with Crippen LogP contribution in [0, 0.1) is 5.41 Å². The lowest BCUT2D eigenvalue weighted by atomic mass is 9.76. The molecule has 4 nitrogen and oxygen atoms in total. The van der Waals surface area contributed by atoms with Crippen molar-refractivity contribution in [2.75, 3.05) is 13.2 Å². The van der Waals surface area contributed by atoms with Gasteiger partial charge in [-0.25, -0.2) is 0 Å². The van der Waals surface area contributed by atoms with Crippen molar-refractivity contribution in [1.29, 1.82) is 0 Å². The van der Waals surface area contributed by atoms with E-state index in [1.165, 1.54) is 18.2 Å². The van der Waals surface area contributed by atoms with E-state index in [-0.39, 0.29) is 13.2 Å². The Labute approximate surface area is 94.2 Å². The van der Waals surface area contributed by atoms with Gasteiger partial charge in [0.1, 0.15) is 13.2 Å². The van der Waals surface area contributed by atoms with E-state index >= 15 is 0 Å². The fourth-order valence-corrected chi connectivity index (χ4v) is 1.27. The number of hydrogen-bond acceptors (Lipinski definition) is 4. The third-order valence-corrected chi connectivity index (χ3v) is 2.24. The summed E-state index contributed by atoms with van der Waals surface area (Å²) in [4.78, 5) is 23.3. The topological polar surface area (TPSA) is 52.6 Å². The van der Waals surface area contributed by atoms with Gasteiger partial charge in [0.15, 0.2) is 5.41 Å². The number of allylic oxidation sites excluding steroid dienone is 1. The molecule has 0 fully saturated rings. The average molecular weight is 222 g/mol. The van der Waals surface area contributed by atoms with Gasteiger partial charge in [0.25, 0.3) is 0 Å². The summed E-state index contributed by atoms with van der Waals surface area (Å²) >= 11 is 0. The highest BCUT2D eigenvalue weighted by Gasteiger charge is 2.49. The van der Waals surface area contributed by atoms with Gasteiger partial charge in [0.2, 0.25) is 0 Å². The fourth-order valence-electron chi connectivity index (χ4n) is 1.27. The largest absolute Gasteiger partial charge is 0.460 e. The Morgan fingerprint density at radius 3 is 1.88 bits per heavy atom. The summed E-state index contributed by atoms with van der Waals surface area (Å²) in [5, 5.41) is 0. The number of carbonyl (C=O) groups excluding carboxylic acids is 2. The van der Waals surface area contributed by atoms with Gasteiger partial charge in [0, 0.05) is 0 Å². The van der Waals surface area contributed by atoms with E-state index in [0.717, 1.165) is 0 Å². The van der Waals surface area contributed by atoms with Crippen LogP contribution in [0.1, 0.15) is 6.42 Å². The molecule has 0 aromatic heterocycles. The van der Waals surface area contributed by atoms with E-state index in [9.17, 15) is 9.59 Å². The van der Waals surface area contributed by atoms with Crippen LogP contribution in [-0.4, -0.2) is 25.2 Å². The van der Waals surface area contributed by atoms with E-state index in [0.29, 0.717) is 6.42 Å². The molecule has 0 spiro atoms. The molecule has 0 aromatic rings. The second kappa shape index (κ2) is 5.30. The highest BCUT2D eigenvalue weighted by atomic mass is 16.6. The third-order valence-electron chi connectivity index (χ3n) is 2.24. The van der Waals surface area contributed by atoms with Crippen molar-refractivity contribution >= 4 is 11.9 Å². The Morgan fingerprint density at radius 1 is 1.19 bits per heavy atom. The molecule has 1 rings (SSSR count). The van der Waals surface area contributed by atoms with Crippen LogP contribution >= 0.6 is 0 Å². The molecule has 0 N–H and O–H groups in total. The van der Waals surface area contributed by atoms with Crippen LogP contribution in [0.15, 0.2) is 37.5 Å². The Hall–Kier alpha value is -1.84. The molecular weight excluding hydrogens is 208 g/mol. The van der Waals surface area contributed by atoms with Crippen LogP contribution in [0.4, 0.5) is 0 Å². The zero-order chi connectivity index (χ0) is 12.0. The highest BCUT2D eigenvalue weighted by Crippen LogP contribution is 2.36. The van der Waals surface area contributed by atoms with Crippen molar-refractivity contribution in [2.24, 2.45) is 5.41 Å². The third kappa shape index (κ3) is 2.21. The summed E-state index contributed by atoms with van der Waals surface area (Å²) in [6.07, 6.45) is 6.44. The van der Waals surface area contributed by atoms with E-state index in [4.69, 9.17) is 9.47 Å². The molecule has 0 aromatic carbocycles. The Kier molecular flexibility index (Phi) is 4.05. The standard InChI is InChI=1S/C12H14O4/c1-3-8-15-10(13)12(6-5-7-12)11(14)16-9-4-2/h3-6H,1-2,7-9H2. The maximum absolute atomic E-state index is 11.7. The maximum Gasteiger partial charge on any atom is 0.328 e. The summed E-state index contributed by atoms with van der Waals surface area (Å²) in [6, 6.07) is 0. The maximum atomic E-state index is 11.7. The molecule has 86 valence electrons. The number of ether oxygens (including phenoxy) is 2. The minimum atomic E-state index is -1.26. The van der Waals surface area contributed by atoms with Crippen LogP contribution < -0.4 is 0 Å². The van der Waals surface area contributed by atoms with E-state index in [2.05, 4.69) is 13.2 Å². The van der Waals surface area contributed by atoms with E-state index in [1.807, 2.05) is 0 Å². The first-order valence-electron chi connectivity index (χ1n) is 4.91. The Morgan fingerprint density at radius 2 is 1.62 bits per heavy atom. The molecule has 0 radical (unpaired) electrons. The van der Waals surface area contributed by atoms with Gasteiger partial charge in [-0.1, -0.05) is 37.5 Å². The molecule has 0 amide bonds. The molecule has 1 aliphatic carbocycles. The molecule has 4 heteroatoms. The molecule has 0 aliphatic heterocycles. The molecule has 0 bridgehead atoms. The van der Waals surface area contributed by atoms with Gasteiger partial charge in [-0.3, -0.25) is 9.59 Å². The van der Waals surface area contributed by atoms with Crippen molar-refractivity contribution in [3.05, 3.63) is 37.5 Å². The smallest absolute Gasteiger partial charge is 0.328 e. The first kappa shape index (κ1) is 12.2. The second-order valence-corrected chi connectivity index (χ2v) is 3.35. The minimum absolute atomic E-state index is 0.0865. The zero-order valence-corrected chi connectivity index (χ0v) is 8.98. The van der Waals surface area contributed by atoms with Crippen LogP contribution in [-0.2, 0) is 19.1 Å². The van der Waals surface area contributed by atoms with Crippen LogP contribution in [0.3, 0.4) is 0 Å². The minimum Gasteiger partial charge on any atom is -0.460 e. The quantitative estimate of drug-likeness (QED) is 0.387. The molecule has 1 aliphatic rings. The van der Waals surface area contributed by atoms with Gasteiger partial charge >= 0.3 is 11.9 Å². The summed E-state index contributed by atoms with van der Waals surface area (Å²) in [5.41, 5.74) is -1.26. The van der Waals surface area contributed by atoms with Crippen molar-refractivity contribution in [2.45, 2.75) is 6.42 Å². The predicted octanol–water partition coefficient (Wildman–Crippen LogP) is 1.39. The molecular formula is C12H14O4. The van der Waals surface area contributed by atoms with Gasteiger partial charge in [-0.15, -0.1) is 0 Å². The van der Waals surface area contributed by atoms with E-state index in [1.54, 1.807) is 6.08 Å². The number of rotatable bonds is 6. The molecule has 16 heavy (non-hydrogen) atoms. The van der Waals surface area contributed by atoms with Gasteiger partial charge < -0.3 is 9.47 Å². The lowest BCUT2D eigenvalue weighted by Gasteiger charge is -2.30. The number of hydrogen-bond donors (Lipinski definition) is 0. The van der Waals surface area contributed by atoms with E-state index < -0.39 is 17.4 Å². The lowest BCUT2D eigenvalue weighted by Crippen LogP contribution is -2.43. The fraction of sp³-hybridized carbons (Fsp3) is 0.333. The van der Waals surface area contributed by atoms with Gasteiger partial charge in [-0.05, 0) is 6.42 Å². The summed E-state index contributed by atoms with van der Waals surface area (Å²) in [7, 11) is 0. The van der Waals surface area contributed by atoms with Crippen LogP contribution in [0.2, 0.25) is 0 Å². The van der Waals surface area contributed by atoms with Crippen LogP contribution in [0.5, 0.6) is 0 Å². The Balaban J connectivity index is 2.66. The summed E-state index contributed by atoms with van der Waals surface area (Å²) in [5.74, 6) is -1.19. The molecule has 0 saturated carbocycles. The molecule has 0 unspecified atom stereocenters. The van der Waals surface area contributed by atoms with Crippen LogP contribution in [0.25, 0.3) is 0 Å².